The van der Waals surface area contributed by atoms with Crippen LogP contribution in [-0.2, 0) is 0 Å². The third-order valence-corrected chi connectivity index (χ3v) is 0.158. The molecule has 0 aliphatic heterocycles. The number of aliphatic hydroxyl groups is 1. The maximum atomic E-state index is 7.81. The van der Waals surface area contributed by atoms with Gasteiger partial charge in [-0.3, -0.25) is 0 Å². The Morgan fingerprint density at radius 1 is 1.60 bits per heavy atom. The van der Waals surface area contributed by atoms with Crippen LogP contribution in [0.4, 0.5) is 0 Å². The van der Waals surface area contributed by atoms with Crippen LogP contribution in [0.15, 0.2) is 0 Å². The molecule has 1 nitrogen and oxygen atoms in total. The van der Waals surface area contributed by atoms with Crippen molar-refractivity contribution >= 4 is 18.9 Å². The molecule has 0 amide bonds. The molecule has 0 fully saturated rings. The summed E-state index contributed by atoms with van der Waals surface area (Å²) >= 11 is 0. The second-order valence-corrected chi connectivity index (χ2v) is 0.577. The van der Waals surface area contributed by atoms with Crippen molar-refractivity contribution in [2.75, 3.05) is 6.61 Å². The van der Waals surface area contributed by atoms with Crippen molar-refractivity contribution < 1.29 is 5.11 Å². The molecule has 0 spiro atoms. The van der Waals surface area contributed by atoms with E-state index < -0.39 is 0 Å². The van der Waals surface area contributed by atoms with Gasteiger partial charge in [0.2, 0.25) is 0 Å². The van der Waals surface area contributed by atoms with Crippen LogP contribution in [0.2, 0.25) is 0 Å². The van der Waals surface area contributed by atoms with Crippen molar-refractivity contribution in [2.24, 2.45) is 0 Å². The number of hydrogen-bond acceptors (Lipinski definition) is 1. The first-order valence-corrected chi connectivity index (χ1v) is 1.32. The number of aliphatic hydroxyl groups excluding tert-OH is 1. The average molecular weight is 67.0 g/mol. The summed E-state index contributed by atoms with van der Waals surface area (Å²) in [5.41, 5.74) is 0. The Hall–Kier alpha value is 0.557. The van der Waals surface area contributed by atoms with Crippen molar-refractivity contribution in [3.63, 3.8) is 0 Å². The molecule has 2 heteroatoms. The monoisotopic (exact) mass is 67.1 g/mol. The predicted molar refractivity (Wildman–Crippen MR) is 24.2 cm³/mol. The Labute approximate surface area is 44.6 Å². The number of rotatable bonds is 1. The van der Waals surface area contributed by atoms with E-state index in [9.17, 15) is 0 Å². The summed E-state index contributed by atoms with van der Waals surface area (Å²) in [6, 6.07) is 0. The van der Waals surface area contributed by atoms with E-state index in [1.54, 1.807) is 0 Å². The maximum absolute atomic E-state index is 7.81. The fourth-order valence-electron chi connectivity index (χ4n) is 0. The summed E-state index contributed by atoms with van der Waals surface area (Å²) in [6.07, 6.45) is 0.625. The topological polar surface area (TPSA) is 20.2 Å². The second kappa shape index (κ2) is 8.82. The fourth-order valence-corrected chi connectivity index (χ4v) is 0. The van der Waals surface area contributed by atoms with E-state index in [0.29, 0.717) is 6.42 Å². The molecule has 0 saturated carbocycles. The van der Waals surface area contributed by atoms with Crippen molar-refractivity contribution in [3.05, 3.63) is 6.92 Å². The molecule has 0 saturated heterocycles. The molecule has 0 unspecified atom stereocenters. The van der Waals surface area contributed by atoms with Crippen molar-refractivity contribution in [2.45, 2.75) is 6.42 Å². The van der Waals surface area contributed by atoms with Crippen molar-refractivity contribution in [1.29, 1.82) is 0 Å². The van der Waals surface area contributed by atoms with Crippen LogP contribution in [-0.4, -0.2) is 30.6 Å². The average Bonchev–Trinajstić information content (AvgIpc) is 1.37. The van der Waals surface area contributed by atoms with Crippen molar-refractivity contribution in [1.82, 2.24) is 0 Å². The van der Waals surface area contributed by atoms with Crippen LogP contribution < -0.4 is 0 Å². The van der Waals surface area contributed by atoms with Gasteiger partial charge in [0, 0.05) is 6.61 Å². The molecule has 0 aromatic rings. The third-order valence-electron chi connectivity index (χ3n) is 0.158. The van der Waals surface area contributed by atoms with Gasteiger partial charge in [-0.1, -0.05) is 6.92 Å². The molecule has 5 heavy (non-hydrogen) atoms. The Bertz CT molecular complexity index is 8.85. The summed E-state index contributed by atoms with van der Waals surface area (Å²) in [5.74, 6) is 0. The molecule has 0 heterocycles. The molecule has 1 radical (unpaired) electrons. The molecule has 27 valence electrons. The summed E-state index contributed by atoms with van der Waals surface area (Å²) in [5, 5.41) is 7.81. The molecular formula is C3H8LiO. The Kier molecular flexibility index (Phi) is 16.1. The zero-order valence-electron chi connectivity index (χ0n) is 2.57. The molecule has 0 aliphatic rings. The van der Waals surface area contributed by atoms with Gasteiger partial charge in [0.05, 0.1) is 0 Å². The van der Waals surface area contributed by atoms with E-state index in [1.165, 1.54) is 0 Å². The molecule has 0 aliphatic carbocycles. The zero-order valence-corrected chi connectivity index (χ0v) is 2.57. The van der Waals surface area contributed by atoms with E-state index in [1.807, 2.05) is 0 Å². The van der Waals surface area contributed by atoms with E-state index >= 15 is 0 Å². The molecular weight excluding hydrogens is 59.0 g/mol. The first-order chi connectivity index (χ1) is 1.91. The second-order valence-electron chi connectivity index (χ2n) is 0.577. The van der Waals surface area contributed by atoms with E-state index in [4.69, 9.17) is 5.11 Å². The molecule has 0 rings (SSSR count). The van der Waals surface area contributed by atoms with Crippen LogP contribution in [0.3, 0.4) is 0 Å². The first-order valence-electron chi connectivity index (χ1n) is 1.32. The standard InChI is InChI=1S/C3H7O.Li.H/c1-2-3-4;;/h4H,1-3H2;;. The van der Waals surface area contributed by atoms with Gasteiger partial charge in [0.25, 0.3) is 0 Å². The van der Waals surface area contributed by atoms with Gasteiger partial charge in [-0.25, -0.2) is 0 Å². The van der Waals surface area contributed by atoms with Gasteiger partial charge in [-0.15, -0.1) is 0 Å². The molecule has 0 aromatic carbocycles. The van der Waals surface area contributed by atoms with Gasteiger partial charge in [-0.05, 0) is 6.42 Å². The van der Waals surface area contributed by atoms with Crippen LogP contribution in [0.5, 0.6) is 0 Å². The van der Waals surface area contributed by atoms with Crippen LogP contribution >= 0.6 is 0 Å². The molecule has 0 bridgehead atoms. The Morgan fingerprint density at radius 2 is 1.80 bits per heavy atom. The van der Waals surface area contributed by atoms with E-state index in [0.717, 1.165) is 0 Å². The van der Waals surface area contributed by atoms with Crippen LogP contribution in [0.1, 0.15) is 6.42 Å². The predicted octanol–water partition coefficient (Wildman–Crippen LogP) is -0.446. The van der Waals surface area contributed by atoms with Crippen LogP contribution in [0, 0.1) is 6.92 Å². The molecule has 0 atom stereocenters. The first kappa shape index (κ1) is 9.12. The third kappa shape index (κ3) is 12.3. The Morgan fingerprint density at radius 3 is 1.80 bits per heavy atom. The molecule has 1 N–H and O–H groups in total. The van der Waals surface area contributed by atoms with Crippen molar-refractivity contribution in [3.8, 4) is 0 Å². The SMILES string of the molecule is [CH2]CCO.[LiH]. The quantitative estimate of drug-likeness (QED) is 0.412. The molecule has 0 aromatic heterocycles. The van der Waals surface area contributed by atoms with Gasteiger partial charge in [-0.2, -0.15) is 0 Å². The van der Waals surface area contributed by atoms with Gasteiger partial charge in [0.1, 0.15) is 0 Å². The summed E-state index contributed by atoms with van der Waals surface area (Å²) in [6.45, 7) is 3.56. The van der Waals surface area contributed by atoms with Gasteiger partial charge >= 0.3 is 18.9 Å². The summed E-state index contributed by atoms with van der Waals surface area (Å²) in [7, 11) is 0. The minimum atomic E-state index is 0. The van der Waals surface area contributed by atoms with Crippen LogP contribution in [0.25, 0.3) is 0 Å². The van der Waals surface area contributed by atoms with E-state index in [-0.39, 0.29) is 25.5 Å². The van der Waals surface area contributed by atoms with Gasteiger partial charge < -0.3 is 5.11 Å². The summed E-state index contributed by atoms with van der Waals surface area (Å²) < 4.78 is 0. The minimum absolute atomic E-state index is 0. The number of hydrogen-bond donors (Lipinski definition) is 1. The fraction of sp³-hybridized carbons (Fsp3) is 0.667. The summed E-state index contributed by atoms with van der Waals surface area (Å²) in [4.78, 5) is 0. The normalized spacial score (nSPS) is 6.00. The van der Waals surface area contributed by atoms with E-state index in [2.05, 4.69) is 6.92 Å². The zero-order chi connectivity index (χ0) is 3.41. The van der Waals surface area contributed by atoms with Gasteiger partial charge in [0.15, 0.2) is 0 Å². The Balaban J connectivity index is 0.